The summed E-state index contributed by atoms with van der Waals surface area (Å²) in [4.78, 5) is 11.8. The van der Waals surface area contributed by atoms with Gasteiger partial charge in [-0.05, 0) is 31.4 Å². The normalized spacial score (nSPS) is 19.3. The zero-order valence-corrected chi connectivity index (χ0v) is 11.5. The Kier molecular flexibility index (Phi) is 4.14. The summed E-state index contributed by atoms with van der Waals surface area (Å²) in [6.45, 7) is 2.11. The average molecular weight is 273 g/mol. The lowest BCUT2D eigenvalue weighted by molar-refractivity contribution is -0.163. The average Bonchev–Trinajstić information content (AvgIpc) is 2.51. The molecule has 2 heterocycles. The third kappa shape index (κ3) is 2.92. The minimum Gasteiger partial charge on any atom is -0.353 e. The third-order valence-corrected chi connectivity index (χ3v) is 3.66. The molecular formula is C16H19NO3. The van der Waals surface area contributed by atoms with E-state index in [4.69, 9.17) is 9.47 Å². The molecule has 1 aromatic carbocycles. The molecule has 0 radical (unpaired) electrons. The van der Waals surface area contributed by atoms with E-state index in [1.165, 1.54) is 6.42 Å². The van der Waals surface area contributed by atoms with Crippen molar-refractivity contribution < 1.29 is 9.47 Å². The van der Waals surface area contributed by atoms with Gasteiger partial charge in [0.2, 0.25) is 0 Å². The number of pyridine rings is 1. The number of benzene rings is 1. The monoisotopic (exact) mass is 273 g/mol. The third-order valence-electron chi connectivity index (χ3n) is 3.66. The quantitative estimate of drug-likeness (QED) is 0.859. The van der Waals surface area contributed by atoms with Gasteiger partial charge in [0.15, 0.2) is 11.7 Å². The first kappa shape index (κ1) is 13.3. The summed E-state index contributed by atoms with van der Waals surface area (Å²) in [7, 11) is 0. The Morgan fingerprint density at radius 2 is 2.15 bits per heavy atom. The van der Waals surface area contributed by atoms with Gasteiger partial charge in [-0.25, -0.2) is 0 Å². The van der Waals surface area contributed by atoms with Crippen molar-refractivity contribution in [3.63, 3.8) is 0 Å². The van der Waals surface area contributed by atoms with Crippen LogP contribution in [0.4, 0.5) is 0 Å². The van der Waals surface area contributed by atoms with Crippen LogP contribution < -0.4 is 5.43 Å². The predicted molar refractivity (Wildman–Crippen MR) is 77.8 cm³/mol. The SMILES string of the molecule is O=c1ccn(CCO[C@H]2CCCCO2)c2ccccc12. The van der Waals surface area contributed by atoms with Crippen molar-refractivity contribution in [2.24, 2.45) is 0 Å². The van der Waals surface area contributed by atoms with Crippen LogP contribution in [0.2, 0.25) is 0 Å². The van der Waals surface area contributed by atoms with E-state index < -0.39 is 0 Å². The topological polar surface area (TPSA) is 40.5 Å². The molecule has 106 valence electrons. The molecule has 0 unspecified atom stereocenters. The summed E-state index contributed by atoms with van der Waals surface area (Å²) in [5, 5.41) is 0.754. The first-order valence-corrected chi connectivity index (χ1v) is 7.16. The number of nitrogens with zero attached hydrogens (tertiary/aromatic N) is 1. The van der Waals surface area contributed by atoms with E-state index in [0.29, 0.717) is 6.61 Å². The summed E-state index contributed by atoms with van der Waals surface area (Å²) in [5.74, 6) is 0. The molecule has 1 atom stereocenters. The Balaban J connectivity index is 1.68. The van der Waals surface area contributed by atoms with Gasteiger partial charge in [-0.15, -0.1) is 0 Å². The fraction of sp³-hybridized carbons (Fsp3) is 0.438. The Morgan fingerprint density at radius 1 is 1.25 bits per heavy atom. The first-order valence-electron chi connectivity index (χ1n) is 7.16. The van der Waals surface area contributed by atoms with Crippen molar-refractivity contribution in [1.29, 1.82) is 0 Å². The maximum Gasteiger partial charge on any atom is 0.189 e. The predicted octanol–water partition coefficient (Wildman–Crippen LogP) is 2.54. The van der Waals surface area contributed by atoms with E-state index in [0.717, 1.165) is 36.9 Å². The molecule has 0 bridgehead atoms. The first-order chi connectivity index (χ1) is 9.84. The molecule has 0 N–H and O–H groups in total. The molecule has 0 aliphatic carbocycles. The lowest BCUT2D eigenvalue weighted by atomic mass is 10.2. The van der Waals surface area contributed by atoms with E-state index in [2.05, 4.69) is 4.57 Å². The van der Waals surface area contributed by atoms with Crippen LogP contribution in [0.5, 0.6) is 0 Å². The van der Waals surface area contributed by atoms with Gasteiger partial charge in [0.1, 0.15) is 0 Å². The summed E-state index contributed by atoms with van der Waals surface area (Å²) in [6.07, 6.45) is 5.05. The molecule has 0 amide bonds. The highest BCUT2D eigenvalue weighted by molar-refractivity contribution is 5.78. The minimum atomic E-state index is -0.0607. The summed E-state index contributed by atoms with van der Waals surface area (Å²) in [5.41, 5.74) is 1.02. The van der Waals surface area contributed by atoms with Gasteiger partial charge in [0.25, 0.3) is 0 Å². The Morgan fingerprint density at radius 3 is 3.00 bits per heavy atom. The summed E-state index contributed by atoms with van der Waals surface area (Å²) >= 11 is 0. The number of fused-ring (bicyclic) bond motifs is 1. The Labute approximate surface area is 117 Å². The highest BCUT2D eigenvalue weighted by Crippen LogP contribution is 2.14. The molecule has 4 nitrogen and oxygen atoms in total. The zero-order valence-electron chi connectivity index (χ0n) is 11.5. The highest BCUT2D eigenvalue weighted by Gasteiger charge is 2.13. The molecule has 1 aliphatic heterocycles. The van der Waals surface area contributed by atoms with Crippen molar-refractivity contribution >= 4 is 10.9 Å². The molecule has 1 aromatic heterocycles. The van der Waals surface area contributed by atoms with Gasteiger partial charge in [-0.1, -0.05) is 12.1 Å². The second kappa shape index (κ2) is 6.20. The number of hydrogen-bond acceptors (Lipinski definition) is 3. The number of para-hydroxylation sites is 1. The van der Waals surface area contributed by atoms with Crippen LogP contribution in [-0.2, 0) is 16.0 Å². The van der Waals surface area contributed by atoms with Gasteiger partial charge in [0.05, 0.1) is 12.1 Å². The molecule has 1 fully saturated rings. The lowest BCUT2D eigenvalue weighted by Gasteiger charge is -2.23. The minimum absolute atomic E-state index is 0.0607. The Bertz CT molecular complexity index is 629. The van der Waals surface area contributed by atoms with E-state index in [9.17, 15) is 4.79 Å². The van der Waals surface area contributed by atoms with Gasteiger partial charge in [0, 0.05) is 30.8 Å². The molecule has 2 aromatic rings. The van der Waals surface area contributed by atoms with Crippen molar-refractivity contribution in [2.75, 3.05) is 13.2 Å². The van der Waals surface area contributed by atoms with Crippen LogP contribution in [-0.4, -0.2) is 24.1 Å². The van der Waals surface area contributed by atoms with Gasteiger partial charge in [-0.2, -0.15) is 0 Å². The van der Waals surface area contributed by atoms with Gasteiger partial charge < -0.3 is 14.0 Å². The maximum atomic E-state index is 11.8. The van der Waals surface area contributed by atoms with Crippen molar-refractivity contribution in [1.82, 2.24) is 4.57 Å². The number of hydrogen-bond donors (Lipinski definition) is 0. The largest absolute Gasteiger partial charge is 0.353 e. The van der Waals surface area contributed by atoms with Gasteiger partial charge in [-0.3, -0.25) is 4.79 Å². The number of aromatic nitrogens is 1. The maximum absolute atomic E-state index is 11.8. The van der Waals surface area contributed by atoms with Crippen LogP contribution in [0.15, 0.2) is 41.3 Å². The van der Waals surface area contributed by atoms with Crippen molar-refractivity contribution in [2.45, 2.75) is 32.1 Å². The van der Waals surface area contributed by atoms with E-state index in [-0.39, 0.29) is 11.7 Å². The van der Waals surface area contributed by atoms with Crippen molar-refractivity contribution in [3.05, 3.63) is 46.8 Å². The Hall–Kier alpha value is -1.65. The molecule has 20 heavy (non-hydrogen) atoms. The zero-order chi connectivity index (χ0) is 13.8. The van der Waals surface area contributed by atoms with Crippen LogP contribution in [0.25, 0.3) is 10.9 Å². The number of ether oxygens (including phenoxy) is 2. The second-order valence-corrected chi connectivity index (χ2v) is 5.06. The molecule has 1 aliphatic rings. The standard InChI is InChI=1S/C16H19NO3/c18-15-8-9-17(14-6-2-1-5-13(14)15)10-12-20-16-7-3-4-11-19-16/h1-2,5-6,8-9,16H,3-4,7,10-12H2/t16-/m0/s1. The van der Waals surface area contributed by atoms with Crippen LogP contribution in [0.3, 0.4) is 0 Å². The second-order valence-electron chi connectivity index (χ2n) is 5.06. The lowest BCUT2D eigenvalue weighted by Crippen LogP contribution is -2.24. The summed E-state index contributed by atoms with van der Waals surface area (Å²) in [6, 6.07) is 9.27. The fourth-order valence-corrected chi connectivity index (χ4v) is 2.58. The molecule has 3 rings (SSSR count). The van der Waals surface area contributed by atoms with Crippen molar-refractivity contribution in [3.8, 4) is 0 Å². The van der Waals surface area contributed by atoms with E-state index in [1.807, 2.05) is 30.5 Å². The van der Waals surface area contributed by atoms with Crippen LogP contribution >= 0.6 is 0 Å². The molecule has 0 spiro atoms. The molecule has 1 saturated heterocycles. The summed E-state index contributed by atoms with van der Waals surface area (Å²) < 4.78 is 13.3. The fourth-order valence-electron chi connectivity index (χ4n) is 2.58. The van der Waals surface area contributed by atoms with E-state index in [1.54, 1.807) is 6.07 Å². The highest BCUT2D eigenvalue weighted by atomic mass is 16.7. The molecule has 4 heteroatoms. The van der Waals surface area contributed by atoms with Gasteiger partial charge >= 0.3 is 0 Å². The van der Waals surface area contributed by atoms with Crippen LogP contribution in [0.1, 0.15) is 19.3 Å². The smallest absolute Gasteiger partial charge is 0.189 e. The number of rotatable bonds is 4. The van der Waals surface area contributed by atoms with E-state index >= 15 is 0 Å². The molecular weight excluding hydrogens is 254 g/mol. The molecule has 0 saturated carbocycles. The van der Waals surface area contributed by atoms with Crippen LogP contribution in [0, 0.1) is 0 Å².